The fourth-order valence-electron chi connectivity index (χ4n) is 3.57. The molecular weight excluding hydrogens is 224 g/mol. The summed E-state index contributed by atoms with van der Waals surface area (Å²) < 4.78 is 5.42. The number of nitrogen functional groups attached to an aromatic ring is 1. The van der Waals surface area contributed by atoms with E-state index < -0.39 is 0 Å². The number of ether oxygens (including phenoxy) is 1. The normalized spacial score (nSPS) is 24.2. The molecule has 1 saturated heterocycles. The zero-order valence-corrected chi connectivity index (χ0v) is 10.5. The zero-order chi connectivity index (χ0) is 12.6. The molecule has 1 spiro atoms. The molecule has 0 radical (unpaired) electrons. The number of hydrogen-bond acceptors (Lipinski definition) is 3. The third-order valence-electron chi connectivity index (χ3n) is 4.56. The van der Waals surface area contributed by atoms with Crippen molar-refractivity contribution < 1.29 is 4.74 Å². The molecule has 2 aliphatic rings. The number of hydrogen-bond donors (Lipinski definition) is 1. The van der Waals surface area contributed by atoms with Gasteiger partial charge in [0.2, 0.25) is 0 Å². The first-order valence-electron chi connectivity index (χ1n) is 6.53. The lowest BCUT2D eigenvalue weighted by Gasteiger charge is -2.55. The molecule has 18 heavy (non-hydrogen) atoms. The average Bonchev–Trinajstić information content (AvgIpc) is 2.36. The van der Waals surface area contributed by atoms with Crippen LogP contribution in [0.5, 0.6) is 0 Å². The van der Waals surface area contributed by atoms with Gasteiger partial charge < -0.3 is 10.5 Å². The molecule has 0 atom stereocenters. The van der Waals surface area contributed by atoms with Crippen molar-refractivity contribution in [3.05, 3.63) is 29.8 Å². The molecule has 2 fully saturated rings. The third-order valence-corrected chi connectivity index (χ3v) is 4.56. The van der Waals surface area contributed by atoms with Crippen LogP contribution in [0.2, 0.25) is 0 Å². The first kappa shape index (κ1) is 11.6. The maximum Gasteiger partial charge on any atom is 0.0833 e. The van der Waals surface area contributed by atoms with E-state index in [0.717, 1.165) is 50.1 Å². The molecule has 3 nitrogen and oxygen atoms in total. The Morgan fingerprint density at radius 1 is 1.22 bits per heavy atom. The van der Waals surface area contributed by atoms with Crippen molar-refractivity contribution in [1.82, 2.24) is 0 Å². The standard InChI is InChI=1S/C15H18N2O/c16-11-15(12-2-1-3-13(17)8-12)9-14(10-15)4-6-18-7-5-14/h1-3,8H,4-7,9-10,17H2. The number of nitriles is 1. The molecule has 0 unspecified atom stereocenters. The number of anilines is 1. The van der Waals surface area contributed by atoms with E-state index in [-0.39, 0.29) is 5.41 Å². The molecule has 1 aromatic carbocycles. The highest BCUT2D eigenvalue weighted by atomic mass is 16.5. The third kappa shape index (κ3) is 1.69. The molecule has 1 aliphatic carbocycles. The number of benzene rings is 1. The van der Waals surface area contributed by atoms with E-state index in [1.165, 1.54) is 0 Å². The summed E-state index contributed by atoms with van der Waals surface area (Å²) in [5.74, 6) is 0. The Bertz CT molecular complexity index is 489. The van der Waals surface area contributed by atoms with E-state index in [9.17, 15) is 5.26 Å². The van der Waals surface area contributed by atoms with Crippen molar-refractivity contribution in [3.8, 4) is 6.07 Å². The minimum Gasteiger partial charge on any atom is -0.399 e. The molecule has 1 saturated carbocycles. The Hall–Kier alpha value is -1.53. The Morgan fingerprint density at radius 2 is 1.94 bits per heavy atom. The lowest BCUT2D eigenvalue weighted by atomic mass is 9.48. The lowest BCUT2D eigenvalue weighted by molar-refractivity contribution is -0.0578. The number of rotatable bonds is 1. The van der Waals surface area contributed by atoms with E-state index in [2.05, 4.69) is 6.07 Å². The highest BCUT2D eigenvalue weighted by molar-refractivity contribution is 5.47. The van der Waals surface area contributed by atoms with E-state index in [0.29, 0.717) is 5.41 Å². The van der Waals surface area contributed by atoms with Crippen LogP contribution in [0.25, 0.3) is 0 Å². The molecule has 3 rings (SSSR count). The van der Waals surface area contributed by atoms with Gasteiger partial charge in [-0.2, -0.15) is 5.26 Å². The lowest BCUT2D eigenvalue weighted by Crippen LogP contribution is -2.51. The monoisotopic (exact) mass is 242 g/mol. The van der Waals surface area contributed by atoms with Gasteiger partial charge in [-0.05, 0) is 48.8 Å². The van der Waals surface area contributed by atoms with Gasteiger partial charge in [0.1, 0.15) is 0 Å². The van der Waals surface area contributed by atoms with Crippen molar-refractivity contribution in [2.75, 3.05) is 18.9 Å². The number of nitrogens with zero attached hydrogens (tertiary/aromatic N) is 1. The van der Waals surface area contributed by atoms with E-state index in [1.807, 2.05) is 24.3 Å². The van der Waals surface area contributed by atoms with Crippen LogP contribution in [0.3, 0.4) is 0 Å². The molecule has 2 N–H and O–H groups in total. The van der Waals surface area contributed by atoms with Crippen LogP contribution in [0.1, 0.15) is 31.2 Å². The van der Waals surface area contributed by atoms with Gasteiger partial charge in [-0.15, -0.1) is 0 Å². The van der Waals surface area contributed by atoms with Crippen LogP contribution in [-0.4, -0.2) is 13.2 Å². The van der Waals surface area contributed by atoms with Crippen LogP contribution >= 0.6 is 0 Å². The summed E-state index contributed by atoms with van der Waals surface area (Å²) in [4.78, 5) is 0. The molecule has 0 aromatic heterocycles. The van der Waals surface area contributed by atoms with Crippen molar-refractivity contribution >= 4 is 5.69 Å². The van der Waals surface area contributed by atoms with E-state index >= 15 is 0 Å². The van der Waals surface area contributed by atoms with Gasteiger partial charge in [-0.25, -0.2) is 0 Å². The van der Waals surface area contributed by atoms with Crippen molar-refractivity contribution in [3.63, 3.8) is 0 Å². The predicted octanol–water partition coefficient (Wildman–Crippen LogP) is 2.62. The van der Waals surface area contributed by atoms with Crippen LogP contribution in [0.15, 0.2) is 24.3 Å². The summed E-state index contributed by atoms with van der Waals surface area (Å²) in [6.45, 7) is 1.69. The molecule has 94 valence electrons. The van der Waals surface area contributed by atoms with Gasteiger partial charge in [0.25, 0.3) is 0 Å². The molecular formula is C15H18N2O. The van der Waals surface area contributed by atoms with Crippen LogP contribution in [0, 0.1) is 16.7 Å². The van der Waals surface area contributed by atoms with Gasteiger partial charge in [-0.1, -0.05) is 12.1 Å². The summed E-state index contributed by atoms with van der Waals surface area (Å²) in [5, 5.41) is 9.57. The second-order valence-electron chi connectivity index (χ2n) is 5.79. The molecule has 3 heteroatoms. The van der Waals surface area contributed by atoms with Gasteiger partial charge in [0, 0.05) is 18.9 Å². The smallest absolute Gasteiger partial charge is 0.0833 e. The second kappa shape index (κ2) is 4.00. The van der Waals surface area contributed by atoms with Gasteiger partial charge in [0.05, 0.1) is 11.5 Å². The Labute approximate surface area is 108 Å². The average molecular weight is 242 g/mol. The van der Waals surface area contributed by atoms with Crippen LogP contribution in [0.4, 0.5) is 5.69 Å². The van der Waals surface area contributed by atoms with Crippen LogP contribution in [-0.2, 0) is 10.2 Å². The Morgan fingerprint density at radius 3 is 2.56 bits per heavy atom. The molecule has 1 aromatic rings. The SMILES string of the molecule is N#CC1(c2cccc(N)c2)CC2(CCOCC2)C1. The summed E-state index contributed by atoms with van der Waals surface area (Å²) in [6.07, 6.45) is 4.12. The summed E-state index contributed by atoms with van der Waals surface area (Å²) in [6, 6.07) is 10.3. The van der Waals surface area contributed by atoms with E-state index in [1.54, 1.807) is 0 Å². The Balaban J connectivity index is 1.85. The summed E-state index contributed by atoms with van der Waals surface area (Å²) >= 11 is 0. The predicted molar refractivity (Wildman–Crippen MR) is 69.9 cm³/mol. The maximum absolute atomic E-state index is 9.57. The quantitative estimate of drug-likeness (QED) is 0.770. The zero-order valence-electron chi connectivity index (χ0n) is 10.5. The Kier molecular flexibility index (Phi) is 2.57. The minimum absolute atomic E-state index is 0.313. The minimum atomic E-state index is -0.313. The number of nitrogens with two attached hydrogens (primary N) is 1. The highest BCUT2D eigenvalue weighted by Crippen LogP contribution is 2.60. The summed E-state index contributed by atoms with van der Waals surface area (Å²) in [7, 11) is 0. The fraction of sp³-hybridized carbons (Fsp3) is 0.533. The molecule has 1 aliphatic heterocycles. The first-order valence-corrected chi connectivity index (χ1v) is 6.53. The highest BCUT2D eigenvalue weighted by Gasteiger charge is 2.55. The molecule has 1 heterocycles. The van der Waals surface area contributed by atoms with Crippen molar-refractivity contribution in [2.45, 2.75) is 31.1 Å². The summed E-state index contributed by atoms with van der Waals surface area (Å²) in [5.41, 5.74) is 7.69. The fourth-order valence-corrected chi connectivity index (χ4v) is 3.57. The van der Waals surface area contributed by atoms with Gasteiger partial charge in [0.15, 0.2) is 0 Å². The molecule has 0 bridgehead atoms. The van der Waals surface area contributed by atoms with Crippen molar-refractivity contribution in [2.24, 2.45) is 5.41 Å². The van der Waals surface area contributed by atoms with Crippen molar-refractivity contribution in [1.29, 1.82) is 5.26 Å². The largest absolute Gasteiger partial charge is 0.399 e. The maximum atomic E-state index is 9.57. The second-order valence-corrected chi connectivity index (χ2v) is 5.79. The topological polar surface area (TPSA) is 59.0 Å². The first-order chi connectivity index (χ1) is 8.68. The van der Waals surface area contributed by atoms with E-state index in [4.69, 9.17) is 10.5 Å². The van der Waals surface area contributed by atoms with Gasteiger partial charge >= 0.3 is 0 Å². The van der Waals surface area contributed by atoms with Crippen LogP contribution < -0.4 is 5.73 Å². The molecule has 0 amide bonds. The van der Waals surface area contributed by atoms with Gasteiger partial charge in [-0.3, -0.25) is 0 Å².